The summed E-state index contributed by atoms with van der Waals surface area (Å²) in [6.45, 7) is 4.48. The molecule has 3 N–H and O–H groups in total. The Morgan fingerprint density at radius 3 is 2.50 bits per heavy atom. The van der Waals surface area contributed by atoms with E-state index in [0.717, 1.165) is 19.3 Å². The molecule has 16 heavy (non-hydrogen) atoms. The highest BCUT2D eigenvalue weighted by Gasteiger charge is 2.07. The molecule has 96 valence electrons. The van der Waals surface area contributed by atoms with E-state index in [1.165, 1.54) is 0 Å². The van der Waals surface area contributed by atoms with Gasteiger partial charge in [0.25, 0.3) is 0 Å². The van der Waals surface area contributed by atoms with E-state index >= 15 is 0 Å². The van der Waals surface area contributed by atoms with Gasteiger partial charge in [-0.15, -0.1) is 0 Å². The second-order valence-corrected chi connectivity index (χ2v) is 6.12. The van der Waals surface area contributed by atoms with Crippen LogP contribution in [-0.4, -0.2) is 34.2 Å². The maximum Gasteiger partial charge on any atom is 0.219 e. The molecule has 0 spiro atoms. The summed E-state index contributed by atoms with van der Waals surface area (Å²) in [5, 5.41) is 2.97. The number of amides is 1. The number of hydrogen-bond acceptors (Lipinski definition) is 3. The van der Waals surface area contributed by atoms with Crippen molar-refractivity contribution in [3.8, 4) is 0 Å². The molecule has 1 amide bonds. The normalized spacial score (nSPS) is 16.5. The number of nitrogens with two attached hydrogens (primary N) is 1. The van der Waals surface area contributed by atoms with Gasteiger partial charge in [0.15, 0.2) is 0 Å². The Hall–Kier alpha value is -0.420. The van der Waals surface area contributed by atoms with E-state index in [0.29, 0.717) is 13.0 Å². The molecule has 0 radical (unpaired) electrons. The molecular weight excluding hydrogens is 224 g/mol. The molecule has 0 saturated carbocycles. The average Bonchev–Trinajstić information content (AvgIpc) is 2.16. The van der Waals surface area contributed by atoms with Gasteiger partial charge in [0, 0.05) is 41.3 Å². The van der Waals surface area contributed by atoms with E-state index < -0.39 is 10.8 Å². The van der Waals surface area contributed by atoms with Gasteiger partial charge in [0.05, 0.1) is 0 Å². The summed E-state index contributed by atoms with van der Waals surface area (Å²) in [5.74, 6) is 0.0646. The van der Waals surface area contributed by atoms with E-state index in [1.807, 2.05) is 13.8 Å². The topological polar surface area (TPSA) is 72.2 Å². The highest BCUT2D eigenvalue weighted by molar-refractivity contribution is 7.84. The summed E-state index contributed by atoms with van der Waals surface area (Å²) >= 11 is 0. The van der Waals surface area contributed by atoms with Crippen molar-refractivity contribution in [1.82, 2.24) is 5.32 Å². The van der Waals surface area contributed by atoms with Crippen LogP contribution in [-0.2, 0) is 15.6 Å². The maximum atomic E-state index is 11.3. The number of hydrogen-bond donors (Lipinski definition) is 2. The van der Waals surface area contributed by atoms with Crippen molar-refractivity contribution in [2.75, 3.05) is 12.8 Å². The van der Waals surface area contributed by atoms with Gasteiger partial charge in [-0.25, -0.2) is 0 Å². The standard InChI is InChI=1S/C11H24N2O2S/c1-9(12)5-4-6-11(14)13-8-7-10(2)16(3)15/h9-10H,4-8,12H2,1-3H3,(H,13,14). The smallest absolute Gasteiger partial charge is 0.219 e. The van der Waals surface area contributed by atoms with Gasteiger partial charge >= 0.3 is 0 Å². The van der Waals surface area contributed by atoms with Crippen molar-refractivity contribution < 1.29 is 9.00 Å². The third kappa shape index (κ3) is 8.85. The van der Waals surface area contributed by atoms with Crippen LogP contribution in [0.4, 0.5) is 0 Å². The highest BCUT2D eigenvalue weighted by Crippen LogP contribution is 2.00. The van der Waals surface area contributed by atoms with E-state index in [2.05, 4.69) is 5.32 Å². The fraction of sp³-hybridized carbons (Fsp3) is 0.909. The zero-order chi connectivity index (χ0) is 12.6. The number of carbonyl (C=O) groups excluding carboxylic acids is 1. The second-order valence-electron chi connectivity index (χ2n) is 4.32. The van der Waals surface area contributed by atoms with E-state index in [9.17, 15) is 9.00 Å². The predicted molar refractivity (Wildman–Crippen MR) is 68.7 cm³/mol. The van der Waals surface area contributed by atoms with Gasteiger partial charge in [-0.1, -0.05) is 6.92 Å². The molecule has 5 heteroatoms. The van der Waals surface area contributed by atoms with Gasteiger partial charge in [0.1, 0.15) is 0 Å². The minimum Gasteiger partial charge on any atom is -0.356 e. The Balaban J connectivity index is 3.47. The molecule has 3 atom stereocenters. The minimum absolute atomic E-state index is 0.0646. The summed E-state index contributed by atoms with van der Waals surface area (Å²) in [7, 11) is -0.804. The van der Waals surface area contributed by atoms with Crippen molar-refractivity contribution in [1.29, 1.82) is 0 Å². The van der Waals surface area contributed by atoms with Crippen LogP contribution in [0.15, 0.2) is 0 Å². The number of rotatable bonds is 8. The SMILES string of the molecule is CC(N)CCCC(=O)NCCC(C)S(C)=O. The Kier molecular flexibility index (Phi) is 8.47. The lowest BCUT2D eigenvalue weighted by Gasteiger charge is -2.09. The summed E-state index contributed by atoms with van der Waals surface area (Å²) < 4.78 is 11.1. The first kappa shape index (κ1) is 15.6. The van der Waals surface area contributed by atoms with Gasteiger partial charge in [0.2, 0.25) is 5.91 Å². The van der Waals surface area contributed by atoms with Gasteiger partial charge < -0.3 is 11.1 Å². The van der Waals surface area contributed by atoms with E-state index in [4.69, 9.17) is 5.73 Å². The predicted octanol–water partition coefficient (Wildman–Crippen LogP) is 0.777. The number of carbonyl (C=O) groups is 1. The van der Waals surface area contributed by atoms with Crippen LogP contribution in [0, 0.1) is 0 Å². The molecule has 0 heterocycles. The summed E-state index contributed by atoms with van der Waals surface area (Å²) in [6.07, 6.45) is 4.70. The molecule has 0 aromatic carbocycles. The molecular formula is C11H24N2O2S. The van der Waals surface area contributed by atoms with Gasteiger partial charge in [-0.3, -0.25) is 9.00 Å². The minimum atomic E-state index is -0.804. The lowest BCUT2D eigenvalue weighted by atomic mass is 10.1. The summed E-state index contributed by atoms with van der Waals surface area (Å²) in [6, 6.07) is 0.162. The Bertz CT molecular complexity index is 232. The van der Waals surface area contributed by atoms with Crippen LogP contribution in [0.25, 0.3) is 0 Å². The molecule has 0 aromatic heterocycles. The zero-order valence-corrected chi connectivity index (χ0v) is 11.3. The lowest BCUT2D eigenvalue weighted by molar-refractivity contribution is -0.121. The monoisotopic (exact) mass is 248 g/mol. The first-order chi connectivity index (χ1) is 7.43. The van der Waals surface area contributed by atoms with Crippen molar-refractivity contribution in [3.63, 3.8) is 0 Å². The second kappa shape index (κ2) is 8.70. The van der Waals surface area contributed by atoms with Crippen LogP contribution in [0.3, 0.4) is 0 Å². The van der Waals surface area contributed by atoms with Crippen LogP contribution in [0.2, 0.25) is 0 Å². The van der Waals surface area contributed by atoms with Crippen molar-refractivity contribution in [2.45, 2.75) is 50.8 Å². The molecule has 0 bridgehead atoms. The van der Waals surface area contributed by atoms with Crippen molar-refractivity contribution in [2.24, 2.45) is 5.73 Å². The molecule has 0 rings (SSSR count). The maximum absolute atomic E-state index is 11.3. The molecule has 0 saturated heterocycles. The van der Waals surface area contributed by atoms with Crippen LogP contribution in [0.5, 0.6) is 0 Å². The first-order valence-electron chi connectivity index (χ1n) is 5.78. The largest absolute Gasteiger partial charge is 0.356 e. The van der Waals surface area contributed by atoms with Gasteiger partial charge in [-0.2, -0.15) is 0 Å². The molecule has 0 fully saturated rings. The zero-order valence-electron chi connectivity index (χ0n) is 10.5. The van der Waals surface area contributed by atoms with Crippen molar-refractivity contribution >= 4 is 16.7 Å². The molecule has 0 aromatic rings. The Morgan fingerprint density at radius 2 is 2.00 bits per heavy atom. The van der Waals surface area contributed by atoms with Crippen LogP contribution in [0.1, 0.15) is 39.5 Å². The average molecular weight is 248 g/mol. The first-order valence-corrected chi connectivity index (χ1v) is 7.40. The van der Waals surface area contributed by atoms with E-state index in [1.54, 1.807) is 6.26 Å². The van der Waals surface area contributed by atoms with Crippen LogP contribution >= 0.6 is 0 Å². The van der Waals surface area contributed by atoms with Gasteiger partial charge in [-0.05, 0) is 26.2 Å². The molecule has 0 aliphatic rings. The fourth-order valence-electron chi connectivity index (χ4n) is 1.25. The molecule has 3 unspecified atom stereocenters. The summed E-state index contributed by atoms with van der Waals surface area (Å²) in [4.78, 5) is 11.3. The van der Waals surface area contributed by atoms with E-state index in [-0.39, 0.29) is 17.2 Å². The molecule has 4 nitrogen and oxygen atoms in total. The Morgan fingerprint density at radius 1 is 1.38 bits per heavy atom. The highest BCUT2D eigenvalue weighted by atomic mass is 32.2. The Labute approximate surface area is 101 Å². The molecule has 0 aliphatic carbocycles. The molecule has 0 aliphatic heterocycles. The third-order valence-corrected chi connectivity index (χ3v) is 3.87. The van der Waals surface area contributed by atoms with Crippen molar-refractivity contribution in [3.05, 3.63) is 0 Å². The van der Waals surface area contributed by atoms with Crippen LogP contribution < -0.4 is 11.1 Å². The number of nitrogens with one attached hydrogen (secondary N) is 1. The fourth-order valence-corrected chi connectivity index (χ4v) is 1.70. The third-order valence-electron chi connectivity index (χ3n) is 2.50. The quantitative estimate of drug-likeness (QED) is 0.666. The summed E-state index contributed by atoms with van der Waals surface area (Å²) in [5.41, 5.74) is 5.59. The lowest BCUT2D eigenvalue weighted by Crippen LogP contribution is -2.27.